The largest absolute Gasteiger partial charge is 0.481 e. The van der Waals surface area contributed by atoms with Crippen molar-refractivity contribution in [3.63, 3.8) is 0 Å². The highest BCUT2D eigenvalue weighted by Gasteiger charge is 2.52. The van der Waals surface area contributed by atoms with Crippen molar-refractivity contribution in [2.75, 3.05) is 6.26 Å². The summed E-state index contributed by atoms with van der Waals surface area (Å²) in [7, 11) is -3.05. The van der Waals surface area contributed by atoms with Crippen molar-refractivity contribution in [3.8, 4) is 0 Å². The SMILES string of the molecule is CCC1CCC(C(=O)O)(C2CCCC(S(C)(=O)=O)C2)C1. The zero-order valence-electron chi connectivity index (χ0n) is 12.5. The Kier molecular flexibility index (Phi) is 4.47. The molecule has 0 saturated heterocycles. The topological polar surface area (TPSA) is 71.4 Å². The van der Waals surface area contributed by atoms with Gasteiger partial charge >= 0.3 is 5.97 Å². The number of hydrogen-bond acceptors (Lipinski definition) is 3. The minimum atomic E-state index is -3.05. The maximum atomic E-state index is 11.9. The van der Waals surface area contributed by atoms with E-state index in [1.54, 1.807) is 0 Å². The van der Waals surface area contributed by atoms with Crippen LogP contribution in [0.15, 0.2) is 0 Å². The molecule has 0 radical (unpaired) electrons. The van der Waals surface area contributed by atoms with Crippen molar-refractivity contribution in [1.82, 2.24) is 0 Å². The van der Waals surface area contributed by atoms with Crippen LogP contribution in [0.1, 0.15) is 58.3 Å². The Morgan fingerprint density at radius 2 is 2.00 bits per heavy atom. The Labute approximate surface area is 121 Å². The van der Waals surface area contributed by atoms with Gasteiger partial charge in [-0.1, -0.05) is 19.8 Å². The lowest BCUT2D eigenvalue weighted by atomic mass is 9.67. The van der Waals surface area contributed by atoms with E-state index in [1.807, 2.05) is 0 Å². The van der Waals surface area contributed by atoms with Gasteiger partial charge in [-0.3, -0.25) is 4.79 Å². The fourth-order valence-corrected chi connectivity index (χ4v) is 5.48. The third-order valence-electron chi connectivity index (χ3n) is 5.67. The van der Waals surface area contributed by atoms with Gasteiger partial charge in [0.25, 0.3) is 0 Å². The normalized spacial score (nSPS) is 38.8. The monoisotopic (exact) mass is 302 g/mol. The van der Waals surface area contributed by atoms with Gasteiger partial charge in [-0.05, 0) is 50.4 Å². The maximum absolute atomic E-state index is 11.9. The minimum Gasteiger partial charge on any atom is -0.481 e. The molecule has 4 nitrogen and oxygen atoms in total. The average Bonchev–Trinajstić information content (AvgIpc) is 2.83. The standard InChI is InChI=1S/C15H26O4S/c1-3-11-7-8-15(10-11,14(16)17)12-5-4-6-13(9-12)20(2,18)19/h11-13H,3-10H2,1-2H3,(H,16,17). The van der Waals surface area contributed by atoms with Crippen molar-refractivity contribution < 1.29 is 18.3 Å². The zero-order chi connectivity index (χ0) is 15.0. The molecule has 0 aliphatic heterocycles. The van der Waals surface area contributed by atoms with Gasteiger partial charge in [0.1, 0.15) is 9.84 Å². The number of aliphatic carboxylic acids is 1. The highest BCUT2D eigenvalue weighted by atomic mass is 32.2. The van der Waals surface area contributed by atoms with Crippen LogP contribution in [0, 0.1) is 17.3 Å². The van der Waals surface area contributed by atoms with Crippen LogP contribution in [-0.4, -0.2) is 31.0 Å². The summed E-state index contributed by atoms with van der Waals surface area (Å²) in [6, 6.07) is 0. The summed E-state index contributed by atoms with van der Waals surface area (Å²) in [6.45, 7) is 2.11. The molecule has 0 spiro atoms. The molecule has 2 aliphatic rings. The average molecular weight is 302 g/mol. The first-order chi connectivity index (χ1) is 9.29. The third-order valence-corrected chi connectivity index (χ3v) is 7.31. The van der Waals surface area contributed by atoms with Crippen LogP contribution in [0.3, 0.4) is 0 Å². The molecule has 0 aromatic rings. The number of sulfone groups is 1. The van der Waals surface area contributed by atoms with E-state index in [4.69, 9.17) is 0 Å². The Bertz CT molecular complexity index is 470. The van der Waals surface area contributed by atoms with E-state index in [1.165, 1.54) is 6.26 Å². The lowest BCUT2D eigenvalue weighted by molar-refractivity contribution is -0.153. The Hall–Kier alpha value is -0.580. The molecule has 2 aliphatic carbocycles. The van der Waals surface area contributed by atoms with E-state index >= 15 is 0 Å². The van der Waals surface area contributed by atoms with Gasteiger partial charge in [-0.25, -0.2) is 8.42 Å². The van der Waals surface area contributed by atoms with Gasteiger partial charge < -0.3 is 5.11 Å². The molecule has 2 rings (SSSR count). The van der Waals surface area contributed by atoms with E-state index in [0.717, 1.165) is 38.5 Å². The molecule has 0 aromatic heterocycles. The summed E-state index contributed by atoms with van der Waals surface area (Å²) < 4.78 is 23.6. The Balaban J connectivity index is 2.21. The number of carbonyl (C=O) groups is 1. The summed E-state index contributed by atoms with van der Waals surface area (Å²) in [5.41, 5.74) is -0.663. The predicted molar refractivity (Wildman–Crippen MR) is 78.3 cm³/mol. The van der Waals surface area contributed by atoms with E-state index in [2.05, 4.69) is 6.92 Å². The molecule has 0 amide bonds. The summed E-state index contributed by atoms with van der Waals surface area (Å²) in [5, 5.41) is 9.43. The highest BCUT2D eigenvalue weighted by Crippen LogP contribution is 2.53. The van der Waals surface area contributed by atoms with Gasteiger partial charge in [-0.15, -0.1) is 0 Å². The summed E-state index contributed by atoms with van der Waals surface area (Å²) in [6.07, 6.45) is 7.70. The third kappa shape index (κ3) is 2.87. The molecule has 116 valence electrons. The fraction of sp³-hybridized carbons (Fsp3) is 0.933. The van der Waals surface area contributed by atoms with Gasteiger partial charge in [0.05, 0.1) is 10.7 Å². The van der Waals surface area contributed by atoms with Crippen LogP contribution in [0.5, 0.6) is 0 Å². The molecular formula is C15H26O4S. The second-order valence-corrected chi connectivity index (χ2v) is 9.12. The number of hydrogen-bond donors (Lipinski definition) is 1. The lowest BCUT2D eigenvalue weighted by Gasteiger charge is -2.39. The Morgan fingerprint density at radius 3 is 2.50 bits per heavy atom. The number of carboxylic acid groups (broad SMARTS) is 1. The van der Waals surface area contributed by atoms with Crippen molar-refractivity contribution in [2.45, 2.75) is 63.5 Å². The van der Waals surface area contributed by atoms with Crippen LogP contribution in [0.25, 0.3) is 0 Å². The van der Waals surface area contributed by atoms with Crippen LogP contribution in [-0.2, 0) is 14.6 Å². The first kappa shape index (κ1) is 15.8. The molecule has 0 bridgehead atoms. The van der Waals surface area contributed by atoms with Crippen LogP contribution < -0.4 is 0 Å². The van der Waals surface area contributed by atoms with Crippen molar-refractivity contribution >= 4 is 15.8 Å². The summed E-state index contributed by atoms with van der Waals surface area (Å²) >= 11 is 0. The van der Waals surface area contributed by atoms with E-state index in [-0.39, 0.29) is 11.2 Å². The summed E-state index contributed by atoms with van der Waals surface area (Å²) in [4.78, 5) is 11.9. The maximum Gasteiger partial charge on any atom is 0.309 e. The molecule has 4 unspecified atom stereocenters. The first-order valence-corrected chi connectivity index (χ1v) is 9.67. The van der Waals surface area contributed by atoms with E-state index in [9.17, 15) is 18.3 Å². The second-order valence-electron chi connectivity index (χ2n) is 6.79. The highest BCUT2D eigenvalue weighted by molar-refractivity contribution is 7.91. The summed E-state index contributed by atoms with van der Waals surface area (Å²) in [5.74, 6) is -0.178. The predicted octanol–water partition coefficient (Wildman–Crippen LogP) is 2.87. The van der Waals surface area contributed by atoms with Crippen molar-refractivity contribution in [2.24, 2.45) is 17.3 Å². The fourth-order valence-electron chi connectivity index (χ4n) is 4.30. The second kappa shape index (κ2) is 5.66. The Morgan fingerprint density at radius 1 is 1.30 bits per heavy atom. The smallest absolute Gasteiger partial charge is 0.309 e. The van der Waals surface area contributed by atoms with Crippen molar-refractivity contribution in [1.29, 1.82) is 0 Å². The molecule has 20 heavy (non-hydrogen) atoms. The molecular weight excluding hydrogens is 276 g/mol. The van der Waals surface area contributed by atoms with Crippen LogP contribution in [0.4, 0.5) is 0 Å². The van der Waals surface area contributed by atoms with Gasteiger partial charge in [0.15, 0.2) is 0 Å². The van der Waals surface area contributed by atoms with Crippen LogP contribution in [0.2, 0.25) is 0 Å². The number of rotatable bonds is 4. The molecule has 0 aromatic carbocycles. The molecule has 1 N–H and O–H groups in total. The van der Waals surface area contributed by atoms with Crippen molar-refractivity contribution in [3.05, 3.63) is 0 Å². The molecule has 5 heteroatoms. The molecule has 2 saturated carbocycles. The quantitative estimate of drug-likeness (QED) is 0.866. The molecule has 4 atom stereocenters. The molecule has 2 fully saturated rings. The minimum absolute atomic E-state index is 0.0324. The zero-order valence-corrected chi connectivity index (χ0v) is 13.3. The van der Waals surface area contributed by atoms with Gasteiger partial charge in [0.2, 0.25) is 0 Å². The van der Waals surface area contributed by atoms with E-state index in [0.29, 0.717) is 18.8 Å². The molecule has 0 heterocycles. The van der Waals surface area contributed by atoms with Gasteiger partial charge in [-0.2, -0.15) is 0 Å². The van der Waals surface area contributed by atoms with E-state index < -0.39 is 21.2 Å². The number of carboxylic acids is 1. The van der Waals surface area contributed by atoms with Crippen LogP contribution >= 0.6 is 0 Å². The van der Waals surface area contributed by atoms with Gasteiger partial charge in [0, 0.05) is 6.26 Å². The first-order valence-electron chi connectivity index (χ1n) is 7.72. The lowest BCUT2D eigenvalue weighted by Crippen LogP contribution is -2.41.